The van der Waals surface area contributed by atoms with Crippen LogP contribution in [0.1, 0.15) is 11.1 Å². The molecule has 0 aliphatic carbocycles. The minimum absolute atomic E-state index is 0.215. The Kier molecular flexibility index (Phi) is 5.42. The Hall–Kier alpha value is -1.54. The number of benzene rings is 1. The highest BCUT2D eigenvalue weighted by molar-refractivity contribution is 7.98. The molecule has 0 aliphatic rings. The summed E-state index contributed by atoms with van der Waals surface area (Å²) >= 11 is 7.33. The zero-order valence-electron chi connectivity index (χ0n) is 10.6. The normalized spacial score (nSPS) is 9.95. The second-order valence-corrected chi connectivity index (χ2v) is 5.36. The summed E-state index contributed by atoms with van der Waals surface area (Å²) in [7, 11) is 0. The first-order valence-corrected chi connectivity index (χ1v) is 7.27. The summed E-state index contributed by atoms with van der Waals surface area (Å²) in [5.41, 5.74) is 6.65. The lowest BCUT2D eigenvalue weighted by Crippen LogP contribution is -1.94. The van der Waals surface area contributed by atoms with Crippen molar-refractivity contribution >= 4 is 23.4 Å². The fourth-order valence-corrected chi connectivity index (χ4v) is 2.41. The summed E-state index contributed by atoms with van der Waals surface area (Å²) in [6, 6.07) is 8.55. The van der Waals surface area contributed by atoms with Crippen LogP contribution in [0.3, 0.4) is 0 Å². The lowest BCUT2D eigenvalue weighted by molar-refractivity contribution is 0.624. The molecule has 1 heterocycles. The first-order valence-electron chi connectivity index (χ1n) is 5.91. The summed E-state index contributed by atoms with van der Waals surface area (Å²) in [6.45, 7) is 0.215. The molecular weight excluding hydrogens is 295 g/mol. The number of hydrogen-bond donors (Lipinski definition) is 1. The van der Waals surface area contributed by atoms with Crippen LogP contribution in [-0.4, -0.2) is 11.5 Å². The average molecular weight is 307 g/mol. The zero-order valence-corrected chi connectivity index (χ0v) is 12.1. The molecule has 1 aromatic carbocycles. The summed E-state index contributed by atoms with van der Waals surface area (Å²) in [5.74, 6) is 5.74. The molecule has 0 saturated heterocycles. The standard InChI is InChI=1S/C15H12ClFN2S/c16-13-4-6-15(19-9-13)20-10-11-3-5-14(17)12(8-11)2-1-7-18/h3-6,8-9H,7,10,18H2. The quantitative estimate of drug-likeness (QED) is 0.697. The third-order valence-corrected chi connectivity index (χ3v) is 3.68. The molecule has 0 amide bonds. The molecule has 2 N–H and O–H groups in total. The maximum absolute atomic E-state index is 13.5. The summed E-state index contributed by atoms with van der Waals surface area (Å²) in [6.07, 6.45) is 1.60. The maximum Gasteiger partial charge on any atom is 0.138 e. The molecule has 0 spiro atoms. The Bertz CT molecular complexity index is 647. The van der Waals surface area contributed by atoms with E-state index in [1.807, 2.05) is 6.07 Å². The molecule has 2 aromatic rings. The lowest BCUT2D eigenvalue weighted by atomic mass is 10.1. The van der Waals surface area contributed by atoms with Crippen LogP contribution in [0.4, 0.5) is 4.39 Å². The molecule has 0 unspecified atom stereocenters. The van der Waals surface area contributed by atoms with E-state index in [4.69, 9.17) is 17.3 Å². The summed E-state index contributed by atoms with van der Waals surface area (Å²) in [4.78, 5) is 4.20. The fourth-order valence-electron chi connectivity index (χ4n) is 1.51. The highest BCUT2D eigenvalue weighted by atomic mass is 35.5. The van der Waals surface area contributed by atoms with Gasteiger partial charge < -0.3 is 5.73 Å². The van der Waals surface area contributed by atoms with Gasteiger partial charge in [0.05, 0.1) is 22.2 Å². The van der Waals surface area contributed by atoms with Gasteiger partial charge in [-0.1, -0.05) is 29.5 Å². The minimum Gasteiger partial charge on any atom is -0.320 e. The Morgan fingerprint density at radius 2 is 2.15 bits per heavy atom. The van der Waals surface area contributed by atoms with Crippen molar-refractivity contribution in [2.75, 3.05) is 6.54 Å². The van der Waals surface area contributed by atoms with Crippen molar-refractivity contribution in [3.05, 3.63) is 58.5 Å². The molecule has 0 aliphatic heterocycles. The molecule has 2 nitrogen and oxygen atoms in total. The van der Waals surface area contributed by atoms with Gasteiger partial charge in [0, 0.05) is 11.9 Å². The van der Waals surface area contributed by atoms with E-state index in [1.165, 1.54) is 6.07 Å². The molecule has 20 heavy (non-hydrogen) atoms. The van der Waals surface area contributed by atoms with Gasteiger partial charge in [-0.05, 0) is 29.8 Å². The predicted octanol–water partition coefficient (Wildman–Crippen LogP) is 3.48. The number of halogens is 2. The van der Waals surface area contributed by atoms with E-state index in [-0.39, 0.29) is 12.4 Å². The lowest BCUT2D eigenvalue weighted by Gasteiger charge is -2.03. The molecule has 102 valence electrons. The number of pyridine rings is 1. The van der Waals surface area contributed by atoms with Gasteiger partial charge in [-0.25, -0.2) is 9.37 Å². The molecule has 0 radical (unpaired) electrons. The van der Waals surface area contributed by atoms with Crippen molar-refractivity contribution in [3.8, 4) is 11.8 Å². The number of hydrogen-bond acceptors (Lipinski definition) is 3. The number of nitrogens with zero attached hydrogens (tertiary/aromatic N) is 1. The van der Waals surface area contributed by atoms with E-state index in [0.29, 0.717) is 16.3 Å². The fraction of sp³-hybridized carbons (Fsp3) is 0.133. The van der Waals surface area contributed by atoms with E-state index in [9.17, 15) is 4.39 Å². The van der Waals surface area contributed by atoms with Crippen LogP contribution in [0, 0.1) is 17.7 Å². The van der Waals surface area contributed by atoms with Crippen LogP contribution >= 0.6 is 23.4 Å². The van der Waals surface area contributed by atoms with E-state index >= 15 is 0 Å². The van der Waals surface area contributed by atoms with Crippen molar-refractivity contribution in [2.45, 2.75) is 10.8 Å². The van der Waals surface area contributed by atoms with Crippen molar-refractivity contribution < 1.29 is 4.39 Å². The molecule has 0 fully saturated rings. The second kappa shape index (κ2) is 7.30. The largest absolute Gasteiger partial charge is 0.320 e. The Labute approximate surface area is 126 Å². The monoisotopic (exact) mass is 306 g/mol. The maximum atomic E-state index is 13.5. The van der Waals surface area contributed by atoms with Crippen molar-refractivity contribution in [1.29, 1.82) is 0 Å². The third-order valence-electron chi connectivity index (χ3n) is 2.44. The highest BCUT2D eigenvalue weighted by Gasteiger charge is 2.03. The first kappa shape index (κ1) is 14.9. The average Bonchev–Trinajstić information content (AvgIpc) is 2.46. The number of thioether (sulfide) groups is 1. The van der Waals surface area contributed by atoms with Crippen LogP contribution in [0.25, 0.3) is 0 Å². The molecular formula is C15H12ClFN2S. The van der Waals surface area contributed by atoms with Crippen molar-refractivity contribution in [2.24, 2.45) is 5.73 Å². The van der Waals surface area contributed by atoms with Gasteiger partial charge in [-0.2, -0.15) is 0 Å². The van der Waals surface area contributed by atoms with Gasteiger partial charge in [0.2, 0.25) is 0 Å². The first-order chi connectivity index (χ1) is 9.69. The van der Waals surface area contributed by atoms with Crippen molar-refractivity contribution in [1.82, 2.24) is 4.98 Å². The number of rotatable bonds is 3. The van der Waals surface area contributed by atoms with Gasteiger partial charge in [0.25, 0.3) is 0 Å². The van der Waals surface area contributed by atoms with Crippen LogP contribution in [-0.2, 0) is 5.75 Å². The van der Waals surface area contributed by atoms with E-state index in [0.717, 1.165) is 10.6 Å². The summed E-state index contributed by atoms with van der Waals surface area (Å²) in [5, 5.41) is 1.48. The SMILES string of the molecule is NCC#Cc1cc(CSc2ccc(Cl)cn2)ccc1F. The molecule has 5 heteroatoms. The van der Waals surface area contributed by atoms with Gasteiger partial charge in [-0.15, -0.1) is 11.8 Å². The Balaban J connectivity index is 2.08. The summed E-state index contributed by atoms with van der Waals surface area (Å²) < 4.78 is 13.5. The van der Waals surface area contributed by atoms with E-state index < -0.39 is 0 Å². The minimum atomic E-state index is -0.329. The number of nitrogens with two attached hydrogens (primary N) is 1. The highest BCUT2D eigenvalue weighted by Crippen LogP contribution is 2.22. The molecule has 0 saturated carbocycles. The van der Waals surface area contributed by atoms with Gasteiger partial charge in [-0.3, -0.25) is 0 Å². The van der Waals surface area contributed by atoms with Crippen LogP contribution in [0.5, 0.6) is 0 Å². The van der Waals surface area contributed by atoms with Crippen molar-refractivity contribution in [3.63, 3.8) is 0 Å². The number of aromatic nitrogens is 1. The second-order valence-electron chi connectivity index (χ2n) is 3.92. The molecule has 2 rings (SSSR count). The van der Waals surface area contributed by atoms with Crippen LogP contribution < -0.4 is 5.73 Å². The van der Waals surface area contributed by atoms with Crippen LogP contribution in [0.15, 0.2) is 41.6 Å². The predicted molar refractivity (Wildman–Crippen MR) is 81.1 cm³/mol. The molecule has 1 aromatic heterocycles. The molecule has 0 atom stereocenters. The topological polar surface area (TPSA) is 38.9 Å². The third kappa shape index (κ3) is 4.24. The zero-order chi connectivity index (χ0) is 14.4. The van der Waals surface area contributed by atoms with E-state index in [2.05, 4.69) is 16.8 Å². The smallest absolute Gasteiger partial charge is 0.138 e. The Morgan fingerprint density at radius 1 is 1.30 bits per heavy atom. The van der Waals surface area contributed by atoms with Gasteiger partial charge in [0.15, 0.2) is 0 Å². The van der Waals surface area contributed by atoms with Gasteiger partial charge in [0.1, 0.15) is 5.82 Å². The van der Waals surface area contributed by atoms with Gasteiger partial charge >= 0.3 is 0 Å². The Morgan fingerprint density at radius 3 is 2.85 bits per heavy atom. The van der Waals surface area contributed by atoms with Crippen LogP contribution in [0.2, 0.25) is 5.02 Å². The molecule has 0 bridgehead atoms. The van der Waals surface area contributed by atoms with E-state index in [1.54, 1.807) is 36.2 Å².